The van der Waals surface area contributed by atoms with Crippen LogP contribution in [0.3, 0.4) is 0 Å². The molecule has 4 aromatic heterocycles. The zero-order valence-corrected chi connectivity index (χ0v) is 19.7. The Bertz CT molecular complexity index is 1420. The largest absolute Gasteiger partial charge is 0.472 e. The van der Waals surface area contributed by atoms with Crippen molar-refractivity contribution in [2.75, 3.05) is 32.9 Å². The fourth-order valence-electron chi connectivity index (χ4n) is 4.56. The summed E-state index contributed by atoms with van der Waals surface area (Å²) in [7, 11) is 0. The maximum atomic E-state index is 13.0. The van der Waals surface area contributed by atoms with Crippen LogP contribution in [0.15, 0.2) is 48.9 Å². The molecule has 0 unspecified atom stereocenters. The van der Waals surface area contributed by atoms with E-state index in [1.165, 1.54) is 0 Å². The number of pyridine rings is 3. The molecule has 1 saturated heterocycles. The fourth-order valence-corrected chi connectivity index (χ4v) is 4.56. The van der Waals surface area contributed by atoms with E-state index in [9.17, 15) is 9.18 Å². The summed E-state index contributed by atoms with van der Waals surface area (Å²) in [6, 6.07) is 9.18. The number of hydrogen-bond acceptors (Lipinski definition) is 8. The second kappa shape index (κ2) is 9.71. The molecule has 0 radical (unpaired) electrons. The SMILES string of the molecule is O=C(Cc1cc2nc(-c3cnn4c3CN(CCF)CC4)ccc2cn1)c1ccnc(OC2CNC2)c1. The first-order valence-electron chi connectivity index (χ1n) is 12.1. The molecule has 4 aromatic rings. The number of aromatic nitrogens is 5. The lowest BCUT2D eigenvalue weighted by atomic mass is 10.1. The summed E-state index contributed by atoms with van der Waals surface area (Å²) in [4.78, 5) is 28.6. The molecule has 2 aliphatic heterocycles. The number of nitrogens with one attached hydrogen (secondary N) is 1. The lowest BCUT2D eigenvalue weighted by molar-refractivity contribution is 0.0989. The average Bonchev–Trinajstić information content (AvgIpc) is 3.29. The number of carbonyl (C=O) groups excluding carboxylic acids is 1. The standard InChI is InChI=1S/C26H26FN7O2/c27-4-6-33-7-8-34-24(16-33)21(15-31-34)22-2-1-18-12-30-19(10-23(18)32-22)11-25(35)17-3-5-29-26(9-17)36-20-13-28-14-20/h1-3,5,9-10,12,15,20,28H,4,6-8,11,13-14,16H2. The van der Waals surface area contributed by atoms with E-state index in [2.05, 4.69) is 25.3 Å². The Morgan fingerprint density at radius 2 is 2.06 bits per heavy atom. The molecule has 9 nitrogen and oxygen atoms in total. The van der Waals surface area contributed by atoms with E-state index in [1.54, 1.807) is 24.5 Å². The third-order valence-electron chi connectivity index (χ3n) is 6.69. The van der Waals surface area contributed by atoms with Crippen molar-refractivity contribution in [2.45, 2.75) is 25.6 Å². The Balaban J connectivity index is 1.23. The average molecular weight is 488 g/mol. The summed E-state index contributed by atoms with van der Waals surface area (Å²) in [5.41, 5.74) is 4.74. The van der Waals surface area contributed by atoms with E-state index < -0.39 is 0 Å². The van der Waals surface area contributed by atoms with Crippen LogP contribution in [0.2, 0.25) is 0 Å². The topological polar surface area (TPSA) is 98.1 Å². The van der Waals surface area contributed by atoms with Gasteiger partial charge in [0.05, 0.1) is 41.8 Å². The van der Waals surface area contributed by atoms with Gasteiger partial charge in [-0.25, -0.2) is 14.4 Å². The molecule has 10 heteroatoms. The van der Waals surface area contributed by atoms with E-state index in [4.69, 9.17) is 9.72 Å². The second-order valence-corrected chi connectivity index (χ2v) is 9.14. The van der Waals surface area contributed by atoms with Crippen molar-refractivity contribution in [1.82, 2.24) is 34.9 Å². The number of hydrogen-bond donors (Lipinski definition) is 1. The molecule has 6 rings (SSSR count). The second-order valence-electron chi connectivity index (χ2n) is 9.14. The van der Waals surface area contributed by atoms with Crippen LogP contribution < -0.4 is 10.1 Å². The highest BCUT2D eigenvalue weighted by Crippen LogP contribution is 2.27. The molecule has 0 spiro atoms. The van der Waals surface area contributed by atoms with E-state index in [1.807, 2.05) is 29.1 Å². The number of halogens is 1. The molecule has 0 aromatic carbocycles. The van der Waals surface area contributed by atoms with Crippen LogP contribution in [0, 0.1) is 0 Å². The number of nitrogens with zero attached hydrogens (tertiary/aromatic N) is 6. The number of ether oxygens (including phenoxy) is 1. The first kappa shape index (κ1) is 22.7. The molecular weight excluding hydrogens is 461 g/mol. The third-order valence-corrected chi connectivity index (χ3v) is 6.69. The van der Waals surface area contributed by atoms with Gasteiger partial charge >= 0.3 is 0 Å². The lowest BCUT2D eigenvalue weighted by Gasteiger charge is -2.27. The Kier molecular flexibility index (Phi) is 6.12. The van der Waals surface area contributed by atoms with E-state index in [-0.39, 0.29) is 25.0 Å². The van der Waals surface area contributed by atoms with Gasteiger partial charge in [0.25, 0.3) is 0 Å². The zero-order chi connectivity index (χ0) is 24.5. The summed E-state index contributed by atoms with van der Waals surface area (Å²) < 4.78 is 20.6. The van der Waals surface area contributed by atoms with E-state index >= 15 is 0 Å². The number of alkyl halides is 1. The van der Waals surface area contributed by atoms with Gasteiger partial charge in [-0.15, -0.1) is 0 Å². The number of ketones is 1. The summed E-state index contributed by atoms with van der Waals surface area (Å²) in [5.74, 6) is 0.398. The van der Waals surface area contributed by atoms with Gasteiger partial charge in [-0.3, -0.25) is 19.4 Å². The van der Waals surface area contributed by atoms with Crippen molar-refractivity contribution in [3.63, 3.8) is 0 Å². The minimum Gasteiger partial charge on any atom is -0.472 e. The summed E-state index contributed by atoms with van der Waals surface area (Å²) in [6.45, 7) is 3.79. The van der Waals surface area contributed by atoms with Crippen molar-refractivity contribution in [2.24, 2.45) is 0 Å². The van der Waals surface area contributed by atoms with Crippen LogP contribution in [-0.4, -0.2) is 74.4 Å². The maximum Gasteiger partial charge on any atom is 0.214 e. The predicted octanol–water partition coefficient (Wildman–Crippen LogP) is 2.45. The molecule has 0 amide bonds. The molecule has 2 aliphatic rings. The first-order chi connectivity index (χ1) is 17.7. The van der Waals surface area contributed by atoms with Gasteiger partial charge in [0.15, 0.2) is 5.78 Å². The minimum absolute atomic E-state index is 0.0596. The van der Waals surface area contributed by atoms with Crippen molar-refractivity contribution in [3.8, 4) is 17.1 Å². The number of carbonyl (C=O) groups is 1. The van der Waals surface area contributed by atoms with Crippen molar-refractivity contribution < 1.29 is 13.9 Å². The molecule has 0 atom stereocenters. The summed E-state index contributed by atoms with van der Waals surface area (Å²) in [6.07, 6.45) is 5.42. The van der Waals surface area contributed by atoms with Crippen LogP contribution in [-0.2, 0) is 19.5 Å². The van der Waals surface area contributed by atoms with Crippen molar-refractivity contribution in [1.29, 1.82) is 0 Å². The molecule has 6 heterocycles. The first-order valence-corrected chi connectivity index (χ1v) is 12.1. The predicted molar refractivity (Wildman–Crippen MR) is 132 cm³/mol. The summed E-state index contributed by atoms with van der Waals surface area (Å²) in [5, 5.41) is 8.55. The van der Waals surface area contributed by atoms with Crippen LogP contribution in [0.5, 0.6) is 5.88 Å². The van der Waals surface area contributed by atoms with Gasteiger partial charge in [-0.05, 0) is 24.3 Å². The molecule has 0 saturated carbocycles. The van der Waals surface area contributed by atoms with Gasteiger partial charge in [0.1, 0.15) is 12.8 Å². The number of fused-ring (bicyclic) bond motifs is 2. The Hall–Kier alpha value is -3.76. The Labute approximate surface area is 207 Å². The van der Waals surface area contributed by atoms with Gasteiger partial charge < -0.3 is 10.1 Å². The highest BCUT2D eigenvalue weighted by Gasteiger charge is 2.22. The monoisotopic (exact) mass is 487 g/mol. The van der Waals surface area contributed by atoms with Crippen LogP contribution in [0.4, 0.5) is 4.39 Å². The van der Waals surface area contributed by atoms with Gasteiger partial charge in [-0.2, -0.15) is 5.10 Å². The van der Waals surface area contributed by atoms with Crippen LogP contribution >= 0.6 is 0 Å². The molecule has 184 valence electrons. The van der Waals surface area contributed by atoms with Gasteiger partial charge in [0, 0.05) is 67.7 Å². The molecule has 1 fully saturated rings. The Morgan fingerprint density at radius 3 is 2.89 bits per heavy atom. The maximum absolute atomic E-state index is 13.0. The van der Waals surface area contributed by atoms with Crippen LogP contribution in [0.25, 0.3) is 22.2 Å². The molecule has 36 heavy (non-hydrogen) atoms. The van der Waals surface area contributed by atoms with E-state index in [0.29, 0.717) is 30.2 Å². The fraction of sp³-hybridized carbons (Fsp3) is 0.346. The zero-order valence-electron chi connectivity index (χ0n) is 19.7. The number of Topliss-reactive ketones (excluding diaryl/α,β-unsaturated/α-hetero) is 1. The Morgan fingerprint density at radius 1 is 1.14 bits per heavy atom. The van der Waals surface area contributed by atoms with Gasteiger partial charge in [-0.1, -0.05) is 0 Å². The van der Waals surface area contributed by atoms with Gasteiger partial charge in [0.2, 0.25) is 5.88 Å². The molecule has 0 bridgehead atoms. The molecular formula is C26H26FN7O2. The van der Waals surface area contributed by atoms with Crippen LogP contribution in [0.1, 0.15) is 21.7 Å². The molecule has 1 N–H and O–H groups in total. The number of rotatable bonds is 8. The van der Waals surface area contributed by atoms with Crippen molar-refractivity contribution >= 4 is 16.7 Å². The van der Waals surface area contributed by atoms with E-state index in [0.717, 1.165) is 54.0 Å². The quantitative estimate of drug-likeness (QED) is 0.379. The summed E-state index contributed by atoms with van der Waals surface area (Å²) >= 11 is 0. The third kappa shape index (κ3) is 4.57. The normalized spacial score (nSPS) is 16.0. The lowest BCUT2D eigenvalue weighted by Crippen LogP contribution is -2.50. The molecule has 0 aliphatic carbocycles. The highest BCUT2D eigenvalue weighted by atomic mass is 19.1. The highest BCUT2D eigenvalue weighted by molar-refractivity contribution is 5.97. The van der Waals surface area contributed by atoms with Crippen molar-refractivity contribution in [3.05, 3.63) is 65.9 Å². The smallest absolute Gasteiger partial charge is 0.214 e. The minimum atomic E-state index is -0.363.